The minimum atomic E-state index is -0.693. The molecule has 2 rings (SSSR count). The van der Waals surface area contributed by atoms with Gasteiger partial charge in [0.15, 0.2) is 0 Å². The van der Waals surface area contributed by atoms with Crippen LogP contribution >= 0.6 is 0 Å². The van der Waals surface area contributed by atoms with Crippen LogP contribution in [0.5, 0.6) is 5.75 Å². The second-order valence-corrected chi connectivity index (χ2v) is 3.58. The Morgan fingerprint density at radius 1 is 1.43 bits per heavy atom. The number of rotatable bonds is 3. The molecule has 0 amide bonds. The number of benzene rings is 1. The maximum atomic E-state index is 13.0. The molecule has 0 bridgehead atoms. The summed E-state index contributed by atoms with van der Waals surface area (Å²) in [5.74, 6) is 0.796. The van der Waals surface area contributed by atoms with Crippen molar-refractivity contribution < 1.29 is 9.13 Å². The van der Waals surface area contributed by atoms with Crippen molar-refractivity contribution in [2.75, 3.05) is 12.4 Å². The van der Waals surface area contributed by atoms with Crippen molar-refractivity contribution in [1.82, 2.24) is 0 Å². The normalized spacial score (nSPS) is 25.3. The average molecular weight is 195 g/mol. The SMILES string of the molecule is COc1cccc(NC2CCC2F)c1. The molecule has 0 aromatic heterocycles. The number of anilines is 1. The molecule has 0 radical (unpaired) electrons. The molecule has 1 aromatic carbocycles. The van der Waals surface area contributed by atoms with Gasteiger partial charge in [-0.25, -0.2) is 4.39 Å². The minimum absolute atomic E-state index is 0.0119. The zero-order chi connectivity index (χ0) is 9.97. The first kappa shape index (κ1) is 9.31. The maximum absolute atomic E-state index is 13.0. The van der Waals surface area contributed by atoms with Gasteiger partial charge in [-0.3, -0.25) is 0 Å². The molecule has 1 aliphatic carbocycles. The Labute approximate surface area is 83.1 Å². The van der Waals surface area contributed by atoms with Crippen molar-refractivity contribution in [2.24, 2.45) is 0 Å². The molecule has 1 saturated carbocycles. The molecule has 1 aliphatic rings. The molecule has 0 saturated heterocycles. The van der Waals surface area contributed by atoms with Crippen LogP contribution in [0, 0.1) is 0 Å². The Hall–Kier alpha value is -1.25. The molecule has 1 fully saturated rings. The summed E-state index contributed by atoms with van der Waals surface area (Å²) < 4.78 is 18.0. The third-order valence-electron chi connectivity index (χ3n) is 2.61. The number of hydrogen-bond acceptors (Lipinski definition) is 2. The predicted molar refractivity (Wildman–Crippen MR) is 54.5 cm³/mol. The second-order valence-electron chi connectivity index (χ2n) is 3.58. The summed E-state index contributed by atoms with van der Waals surface area (Å²) in [7, 11) is 1.63. The zero-order valence-corrected chi connectivity index (χ0v) is 8.16. The van der Waals surface area contributed by atoms with Gasteiger partial charge < -0.3 is 10.1 Å². The van der Waals surface area contributed by atoms with E-state index in [1.165, 1.54) is 0 Å². The number of methoxy groups -OCH3 is 1. The molecule has 0 heterocycles. The van der Waals surface area contributed by atoms with E-state index in [1.807, 2.05) is 24.3 Å². The monoisotopic (exact) mass is 195 g/mol. The molecule has 14 heavy (non-hydrogen) atoms. The van der Waals surface area contributed by atoms with E-state index in [2.05, 4.69) is 5.32 Å². The molecule has 1 N–H and O–H groups in total. The van der Waals surface area contributed by atoms with Gasteiger partial charge in [0.1, 0.15) is 11.9 Å². The summed E-state index contributed by atoms with van der Waals surface area (Å²) in [6, 6.07) is 7.56. The number of halogens is 1. The van der Waals surface area contributed by atoms with Crippen LogP contribution in [0.1, 0.15) is 12.8 Å². The van der Waals surface area contributed by atoms with E-state index in [0.29, 0.717) is 6.42 Å². The van der Waals surface area contributed by atoms with Crippen molar-refractivity contribution in [3.63, 3.8) is 0 Å². The molecule has 0 spiro atoms. The van der Waals surface area contributed by atoms with E-state index in [4.69, 9.17) is 4.74 Å². The Balaban J connectivity index is 2.01. The molecule has 2 atom stereocenters. The first-order valence-electron chi connectivity index (χ1n) is 4.84. The lowest BCUT2D eigenvalue weighted by Gasteiger charge is -2.31. The van der Waals surface area contributed by atoms with Crippen molar-refractivity contribution in [1.29, 1.82) is 0 Å². The van der Waals surface area contributed by atoms with Crippen LogP contribution < -0.4 is 10.1 Å². The topological polar surface area (TPSA) is 21.3 Å². The first-order chi connectivity index (χ1) is 6.79. The fourth-order valence-corrected chi connectivity index (χ4v) is 1.55. The van der Waals surface area contributed by atoms with Gasteiger partial charge in [-0.15, -0.1) is 0 Å². The third-order valence-corrected chi connectivity index (χ3v) is 2.61. The van der Waals surface area contributed by atoms with Crippen LogP contribution in [0.3, 0.4) is 0 Å². The van der Waals surface area contributed by atoms with Crippen LogP contribution in [0.15, 0.2) is 24.3 Å². The summed E-state index contributed by atoms with van der Waals surface area (Å²) in [5.41, 5.74) is 0.928. The van der Waals surface area contributed by atoms with Crippen LogP contribution in [0.4, 0.5) is 10.1 Å². The van der Waals surface area contributed by atoms with Gasteiger partial charge in [0.2, 0.25) is 0 Å². The van der Waals surface area contributed by atoms with E-state index in [0.717, 1.165) is 17.9 Å². The number of hydrogen-bond donors (Lipinski definition) is 1. The van der Waals surface area contributed by atoms with E-state index in [9.17, 15) is 4.39 Å². The van der Waals surface area contributed by atoms with E-state index in [1.54, 1.807) is 7.11 Å². The van der Waals surface area contributed by atoms with Crippen molar-refractivity contribution in [3.05, 3.63) is 24.3 Å². The second kappa shape index (κ2) is 3.86. The molecule has 1 aromatic rings. The molecular formula is C11H14FNO. The zero-order valence-electron chi connectivity index (χ0n) is 8.16. The lowest BCUT2D eigenvalue weighted by Crippen LogP contribution is -2.39. The third kappa shape index (κ3) is 1.81. The average Bonchev–Trinajstić information content (AvgIpc) is 2.24. The summed E-state index contributed by atoms with van der Waals surface area (Å²) in [4.78, 5) is 0. The fraction of sp³-hybridized carbons (Fsp3) is 0.455. The highest BCUT2D eigenvalue weighted by Gasteiger charge is 2.30. The quantitative estimate of drug-likeness (QED) is 0.800. The van der Waals surface area contributed by atoms with Gasteiger partial charge in [-0.1, -0.05) is 6.07 Å². The summed E-state index contributed by atoms with van der Waals surface area (Å²) >= 11 is 0. The highest BCUT2D eigenvalue weighted by atomic mass is 19.1. The van der Waals surface area contributed by atoms with Crippen molar-refractivity contribution in [3.8, 4) is 5.75 Å². The molecule has 3 heteroatoms. The number of nitrogens with one attached hydrogen (secondary N) is 1. The highest BCUT2D eigenvalue weighted by Crippen LogP contribution is 2.27. The highest BCUT2D eigenvalue weighted by molar-refractivity contribution is 5.49. The fourth-order valence-electron chi connectivity index (χ4n) is 1.55. The lowest BCUT2D eigenvalue weighted by atomic mass is 9.90. The van der Waals surface area contributed by atoms with Gasteiger partial charge in [0, 0.05) is 11.8 Å². The largest absolute Gasteiger partial charge is 0.497 e. The summed E-state index contributed by atoms with van der Waals surface area (Å²) in [6.45, 7) is 0. The number of alkyl halides is 1. The van der Waals surface area contributed by atoms with Gasteiger partial charge in [0.25, 0.3) is 0 Å². The van der Waals surface area contributed by atoms with Gasteiger partial charge >= 0.3 is 0 Å². The minimum Gasteiger partial charge on any atom is -0.497 e. The first-order valence-corrected chi connectivity index (χ1v) is 4.84. The lowest BCUT2D eigenvalue weighted by molar-refractivity contribution is 0.186. The summed E-state index contributed by atoms with van der Waals surface area (Å²) in [6.07, 6.45) is 0.904. The van der Waals surface area contributed by atoms with Crippen LogP contribution in [0.25, 0.3) is 0 Å². The number of ether oxygens (including phenoxy) is 1. The van der Waals surface area contributed by atoms with Gasteiger partial charge in [0.05, 0.1) is 13.2 Å². The Morgan fingerprint density at radius 3 is 2.86 bits per heavy atom. The Kier molecular flexibility index (Phi) is 2.57. The van der Waals surface area contributed by atoms with Crippen LogP contribution in [-0.4, -0.2) is 19.3 Å². The molecular weight excluding hydrogens is 181 g/mol. The molecule has 2 unspecified atom stereocenters. The van der Waals surface area contributed by atoms with Gasteiger partial charge in [-0.05, 0) is 25.0 Å². The Bertz CT molecular complexity index is 316. The maximum Gasteiger partial charge on any atom is 0.120 e. The molecule has 0 aliphatic heterocycles. The van der Waals surface area contributed by atoms with Crippen LogP contribution in [0.2, 0.25) is 0 Å². The Morgan fingerprint density at radius 2 is 2.29 bits per heavy atom. The van der Waals surface area contributed by atoms with Crippen molar-refractivity contribution in [2.45, 2.75) is 25.1 Å². The predicted octanol–water partition coefficient (Wildman–Crippen LogP) is 2.61. The standard InChI is InChI=1S/C11H14FNO/c1-14-9-4-2-3-8(7-9)13-11-6-5-10(11)12/h2-4,7,10-11,13H,5-6H2,1H3. The smallest absolute Gasteiger partial charge is 0.120 e. The van der Waals surface area contributed by atoms with E-state index in [-0.39, 0.29) is 6.04 Å². The van der Waals surface area contributed by atoms with Crippen LogP contribution in [-0.2, 0) is 0 Å². The molecule has 2 nitrogen and oxygen atoms in total. The van der Waals surface area contributed by atoms with Crippen molar-refractivity contribution >= 4 is 5.69 Å². The summed E-state index contributed by atoms with van der Waals surface area (Å²) in [5, 5.41) is 3.15. The molecule has 76 valence electrons. The van der Waals surface area contributed by atoms with E-state index < -0.39 is 6.17 Å². The van der Waals surface area contributed by atoms with E-state index >= 15 is 0 Å². The van der Waals surface area contributed by atoms with Gasteiger partial charge in [-0.2, -0.15) is 0 Å².